The molecule has 0 spiro atoms. The Morgan fingerprint density at radius 3 is 2.41 bits per heavy atom. The first-order chi connectivity index (χ1) is 10.2. The van der Waals surface area contributed by atoms with E-state index in [1.165, 1.54) is 16.7 Å². The van der Waals surface area contributed by atoms with Crippen LogP contribution in [0, 0.1) is 0 Å². The summed E-state index contributed by atoms with van der Waals surface area (Å²) in [4.78, 5) is 25.0. The molecule has 1 aromatic carbocycles. The lowest BCUT2D eigenvalue weighted by atomic mass is 10.2. The molecule has 0 N–H and O–H groups in total. The first kappa shape index (κ1) is 17.1. The highest BCUT2D eigenvalue weighted by Crippen LogP contribution is 2.42. The van der Waals surface area contributed by atoms with E-state index in [-0.39, 0.29) is 5.75 Å². The third-order valence-corrected chi connectivity index (χ3v) is 4.88. The number of rotatable bonds is 2. The first-order valence-corrected chi connectivity index (χ1v) is 8.62. The number of carboxylic acid groups (broad SMARTS) is 1. The Bertz CT molecular complexity index is 570. The smallest absolute Gasteiger partial charge is 0.412 e. The van der Waals surface area contributed by atoms with Gasteiger partial charge >= 0.3 is 6.09 Å². The van der Waals surface area contributed by atoms with Gasteiger partial charge in [0.15, 0.2) is 0 Å². The van der Waals surface area contributed by atoms with Crippen LogP contribution in [-0.2, 0) is 9.53 Å². The fourth-order valence-corrected chi connectivity index (χ4v) is 3.78. The van der Waals surface area contributed by atoms with Crippen molar-refractivity contribution in [3.63, 3.8) is 0 Å². The Balaban J connectivity index is 2.30. The number of aliphatic carboxylic acids is 1. The van der Waals surface area contributed by atoms with Crippen molar-refractivity contribution in [1.29, 1.82) is 0 Å². The van der Waals surface area contributed by atoms with Gasteiger partial charge in [-0.3, -0.25) is 4.90 Å². The van der Waals surface area contributed by atoms with Crippen molar-refractivity contribution in [2.45, 2.75) is 37.8 Å². The second-order valence-electron chi connectivity index (χ2n) is 5.96. The SMILES string of the molecule is CC(C)(C)OC(=O)N1[C@@H](c2ccc(Br)cc2)SC[C@H]1C(=O)[O-]. The molecular formula is C15H17BrNO4S-. The van der Waals surface area contributed by atoms with Gasteiger partial charge in [-0.1, -0.05) is 28.1 Å². The molecule has 2 rings (SSSR count). The topological polar surface area (TPSA) is 69.7 Å². The molecule has 1 fully saturated rings. The fraction of sp³-hybridized carbons (Fsp3) is 0.467. The molecule has 0 aliphatic carbocycles. The van der Waals surface area contributed by atoms with Gasteiger partial charge < -0.3 is 14.6 Å². The summed E-state index contributed by atoms with van der Waals surface area (Å²) in [5.74, 6) is -0.986. The van der Waals surface area contributed by atoms with Crippen molar-refractivity contribution in [2.75, 3.05) is 5.75 Å². The third kappa shape index (κ3) is 3.95. The first-order valence-electron chi connectivity index (χ1n) is 6.78. The maximum absolute atomic E-state index is 12.4. The van der Waals surface area contributed by atoms with E-state index in [4.69, 9.17) is 4.74 Å². The fourth-order valence-electron chi connectivity index (χ4n) is 2.11. The van der Waals surface area contributed by atoms with Crippen LogP contribution in [0.25, 0.3) is 0 Å². The van der Waals surface area contributed by atoms with Crippen LogP contribution < -0.4 is 5.11 Å². The maximum Gasteiger partial charge on any atom is 0.412 e. The van der Waals surface area contributed by atoms with E-state index in [0.717, 1.165) is 10.0 Å². The molecule has 1 amide bonds. The summed E-state index contributed by atoms with van der Waals surface area (Å²) in [5.41, 5.74) is 0.160. The van der Waals surface area contributed by atoms with Crippen molar-refractivity contribution in [2.24, 2.45) is 0 Å². The molecule has 1 heterocycles. The summed E-state index contributed by atoms with van der Waals surface area (Å²) in [7, 11) is 0. The highest BCUT2D eigenvalue weighted by Gasteiger charge is 2.41. The molecule has 0 aromatic heterocycles. The monoisotopic (exact) mass is 386 g/mol. The quantitative estimate of drug-likeness (QED) is 0.780. The van der Waals surface area contributed by atoms with Gasteiger partial charge in [0.1, 0.15) is 11.0 Å². The molecular weight excluding hydrogens is 370 g/mol. The highest BCUT2D eigenvalue weighted by molar-refractivity contribution is 9.10. The van der Waals surface area contributed by atoms with Gasteiger partial charge in [-0.15, -0.1) is 11.8 Å². The summed E-state index contributed by atoms with van der Waals surface area (Å²) in [6, 6.07) is 6.44. The van der Waals surface area contributed by atoms with Crippen LogP contribution in [0.1, 0.15) is 31.7 Å². The molecule has 5 nitrogen and oxygen atoms in total. The zero-order valence-corrected chi connectivity index (χ0v) is 14.9. The van der Waals surface area contributed by atoms with Gasteiger partial charge in [0, 0.05) is 10.2 Å². The predicted octanol–water partition coefficient (Wildman–Crippen LogP) is 2.55. The van der Waals surface area contributed by atoms with E-state index < -0.39 is 29.1 Å². The molecule has 1 aliphatic heterocycles. The van der Waals surface area contributed by atoms with Gasteiger partial charge in [0.2, 0.25) is 0 Å². The van der Waals surface area contributed by atoms with Crippen LogP contribution in [0.15, 0.2) is 28.7 Å². The molecule has 1 aliphatic rings. The number of carbonyl (C=O) groups is 2. The zero-order valence-electron chi connectivity index (χ0n) is 12.5. The normalized spacial score (nSPS) is 21.7. The summed E-state index contributed by atoms with van der Waals surface area (Å²) in [5, 5.41) is 10.9. The molecule has 2 atom stereocenters. The van der Waals surface area contributed by atoms with E-state index in [9.17, 15) is 14.7 Å². The lowest BCUT2D eigenvalue weighted by Crippen LogP contribution is -2.50. The van der Waals surface area contributed by atoms with E-state index >= 15 is 0 Å². The van der Waals surface area contributed by atoms with Gasteiger partial charge in [-0.2, -0.15) is 0 Å². The Morgan fingerprint density at radius 1 is 1.32 bits per heavy atom. The van der Waals surface area contributed by atoms with Gasteiger partial charge in [0.25, 0.3) is 0 Å². The average molecular weight is 387 g/mol. The van der Waals surface area contributed by atoms with Crippen LogP contribution in [-0.4, -0.2) is 34.4 Å². The third-order valence-electron chi connectivity index (χ3n) is 3.03. The second-order valence-corrected chi connectivity index (χ2v) is 7.99. The summed E-state index contributed by atoms with van der Waals surface area (Å²) in [6.45, 7) is 5.24. The number of carboxylic acids is 1. The molecule has 22 heavy (non-hydrogen) atoms. The number of amides is 1. The van der Waals surface area contributed by atoms with Gasteiger partial charge in [0.05, 0.1) is 12.0 Å². The minimum Gasteiger partial charge on any atom is -0.548 e. The summed E-state index contributed by atoms with van der Waals surface area (Å²) in [6.07, 6.45) is -0.639. The number of hydrogen-bond acceptors (Lipinski definition) is 5. The Hall–Kier alpha value is -1.21. The second kappa shape index (κ2) is 6.50. The predicted molar refractivity (Wildman–Crippen MR) is 86.2 cm³/mol. The standard InChI is InChI=1S/C15H18BrNO4S/c1-15(2,3)21-14(20)17-11(13(18)19)8-22-12(17)9-4-6-10(16)7-5-9/h4-7,11-12H,8H2,1-3H3,(H,18,19)/p-1/t11-,12+/m0/s1. The number of ether oxygens (including phenoxy) is 1. The van der Waals surface area contributed by atoms with Gasteiger partial charge in [-0.25, -0.2) is 4.79 Å². The molecule has 0 radical (unpaired) electrons. The number of thioether (sulfide) groups is 1. The summed E-state index contributed by atoms with van der Waals surface area (Å²) >= 11 is 4.75. The number of benzene rings is 1. The van der Waals surface area contributed by atoms with Crippen molar-refractivity contribution < 1.29 is 19.4 Å². The van der Waals surface area contributed by atoms with Crippen LogP contribution in [0.2, 0.25) is 0 Å². The van der Waals surface area contributed by atoms with Gasteiger partial charge in [-0.05, 0) is 38.5 Å². The minimum absolute atomic E-state index is 0.280. The van der Waals surface area contributed by atoms with Crippen molar-refractivity contribution in [1.82, 2.24) is 4.90 Å². The van der Waals surface area contributed by atoms with E-state index in [2.05, 4.69) is 15.9 Å². The average Bonchev–Trinajstić information content (AvgIpc) is 2.82. The molecule has 0 unspecified atom stereocenters. The molecule has 120 valence electrons. The molecule has 0 saturated carbocycles. The van der Waals surface area contributed by atoms with E-state index in [1.807, 2.05) is 24.3 Å². The van der Waals surface area contributed by atoms with Crippen LogP contribution in [0.4, 0.5) is 4.79 Å². The van der Waals surface area contributed by atoms with Crippen LogP contribution in [0.3, 0.4) is 0 Å². The largest absolute Gasteiger partial charge is 0.548 e. The zero-order chi connectivity index (χ0) is 16.5. The van der Waals surface area contributed by atoms with Crippen molar-refractivity contribution in [3.05, 3.63) is 34.3 Å². The summed E-state index contributed by atoms with van der Waals surface area (Å²) < 4.78 is 6.27. The van der Waals surface area contributed by atoms with E-state index in [1.54, 1.807) is 20.8 Å². The van der Waals surface area contributed by atoms with Crippen molar-refractivity contribution >= 4 is 39.8 Å². The number of nitrogens with zero attached hydrogens (tertiary/aromatic N) is 1. The minimum atomic E-state index is -1.27. The molecule has 1 aromatic rings. The number of hydrogen-bond donors (Lipinski definition) is 0. The Kier molecular flexibility index (Phi) is 5.07. The molecule has 7 heteroatoms. The van der Waals surface area contributed by atoms with Crippen molar-refractivity contribution in [3.8, 4) is 0 Å². The Labute approximate surface area is 142 Å². The highest BCUT2D eigenvalue weighted by atomic mass is 79.9. The lowest BCUT2D eigenvalue weighted by Gasteiger charge is -2.32. The lowest BCUT2D eigenvalue weighted by molar-refractivity contribution is -0.310. The molecule has 0 bridgehead atoms. The Morgan fingerprint density at radius 2 is 1.91 bits per heavy atom. The molecule has 1 saturated heterocycles. The maximum atomic E-state index is 12.4. The number of carbonyl (C=O) groups excluding carboxylic acids is 2. The van der Waals surface area contributed by atoms with Crippen LogP contribution >= 0.6 is 27.7 Å². The van der Waals surface area contributed by atoms with Crippen LogP contribution in [0.5, 0.6) is 0 Å². The number of halogens is 1. The van der Waals surface area contributed by atoms with E-state index in [0.29, 0.717) is 0 Å².